The van der Waals surface area contributed by atoms with Gasteiger partial charge in [-0.3, -0.25) is 14.4 Å². The predicted octanol–water partition coefficient (Wildman–Crippen LogP) is 1.32. The molecule has 2 fully saturated rings. The zero-order chi connectivity index (χ0) is 22.5. The van der Waals surface area contributed by atoms with Crippen molar-refractivity contribution in [3.8, 4) is 11.5 Å². The van der Waals surface area contributed by atoms with E-state index in [4.69, 9.17) is 4.74 Å². The molecule has 2 bridgehead atoms. The number of halogens is 1. The van der Waals surface area contributed by atoms with E-state index in [0.29, 0.717) is 6.42 Å². The Labute approximate surface area is 176 Å². The van der Waals surface area contributed by atoms with Crippen molar-refractivity contribution in [2.45, 2.75) is 35.9 Å². The maximum Gasteiger partial charge on any atom is 0.407 e. The molecule has 0 spiro atoms. The van der Waals surface area contributed by atoms with Crippen LogP contribution in [-0.2, 0) is 21.9 Å². The Hall–Kier alpha value is -3.19. The molecule has 2 saturated heterocycles. The number of fused-ring (bicyclic) bond motifs is 2. The van der Waals surface area contributed by atoms with Crippen molar-refractivity contribution in [3.63, 3.8) is 0 Å². The Morgan fingerprint density at radius 3 is 2.58 bits per heavy atom. The van der Waals surface area contributed by atoms with Gasteiger partial charge < -0.3 is 14.9 Å². The Balaban J connectivity index is 1.65. The van der Waals surface area contributed by atoms with E-state index in [-0.39, 0.29) is 24.5 Å². The zero-order valence-corrected chi connectivity index (χ0v) is 17.1. The van der Waals surface area contributed by atoms with Crippen LogP contribution in [0.3, 0.4) is 0 Å². The average Bonchev–Trinajstić information content (AvgIpc) is 3.24. The van der Waals surface area contributed by atoms with E-state index < -0.39 is 50.9 Å². The topological polar surface area (TPSA) is 142 Å². The van der Waals surface area contributed by atoms with Gasteiger partial charge >= 0.3 is 12.1 Å². The van der Waals surface area contributed by atoms with Crippen molar-refractivity contribution < 1.29 is 37.3 Å². The van der Waals surface area contributed by atoms with Gasteiger partial charge in [0.05, 0.1) is 23.3 Å². The van der Waals surface area contributed by atoms with Crippen LogP contribution < -0.4 is 4.74 Å². The molecule has 31 heavy (non-hydrogen) atoms. The van der Waals surface area contributed by atoms with E-state index in [0.717, 1.165) is 27.4 Å². The first-order valence-electron chi connectivity index (χ1n) is 9.31. The molecule has 2 N–H and O–H groups in total. The van der Waals surface area contributed by atoms with E-state index in [1.54, 1.807) is 7.05 Å². The van der Waals surface area contributed by atoms with Gasteiger partial charge in [-0.25, -0.2) is 17.6 Å². The summed E-state index contributed by atoms with van der Waals surface area (Å²) >= 11 is 0. The monoisotopic (exact) mass is 454 g/mol. The molecule has 166 valence electrons. The first-order chi connectivity index (χ1) is 14.6. The Morgan fingerprint density at radius 1 is 1.26 bits per heavy atom. The molecule has 0 saturated carbocycles. The van der Waals surface area contributed by atoms with Crippen LogP contribution >= 0.6 is 0 Å². The van der Waals surface area contributed by atoms with Crippen LogP contribution in [-0.4, -0.2) is 74.3 Å². The number of piperazine rings is 1. The number of hydrogen-bond donors (Lipinski definition) is 2. The number of nitrogens with zero attached hydrogens (tertiary/aromatic N) is 4. The van der Waals surface area contributed by atoms with E-state index in [1.165, 1.54) is 17.1 Å². The van der Waals surface area contributed by atoms with Crippen LogP contribution in [0, 0.1) is 5.82 Å². The second-order valence-corrected chi connectivity index (χ2v) is 9.28. The second kappa shape index (κ2) is 7.50. The second-order valence-electron chi connectivity index (χ2n) is 7.39. The third-order valence-electron chi connectivity index (χ3n) is 5.50. The molecule has 0 aliphatic carbocycles. The molecule has 2 unspecified atom stereocenters. The molecule has 3 atom stereocenters. The third kappa shape index (κ3) is 3.59. The normalized spacial score (nSPS) is 23.7. The number of carboxylic acids is 1. The van der Waals surface area contributed by atoms with Crippen molar-refractivity contribution in [2.24, 2.45) is 7.05 Å². The Bertz CT molecular complexity index is 1150. The standard InChI is InChI=1S/C18H19FN4O7S/c1-21-9-11(7-20-21)30-15-5-3-12(6-13(15)19)31(28,29)22-8-10-2-4-14(16(22)17(24)25)23(10)18(26)27/h3,5-7,9-10,14,16H,2,4,8H2,1H3,(H,24,25)(H,26,27)/t10-,14?,16?/m1/s1. The number of aromatic nitrogens is 2. The van der Waals surface area contributed by atoms with E-state index in [2.05, 4.69) is 5.10 Å². The number of carboxylic acid groups (broad SMARTS) is 2. The lowest BCUT2D eigenvalue weighted by atomic mass is 10.1. The quantitative estimate of drug-likeness (QED) is 0.689. The molecular weight excluding hydrogens is 435 g/mol. The molecule has 1 aromatic carbocycles. The van der Waals surface area contributed by atoms with Crippen LogP contribution in [0.5, 0.6) is 11.5 Å². The number of ether oxygens (including phenoxy) is 1. The highest BCUT2D eigenvalue weighted by molar-refractivity contribution is 7.89. The minimum Gasteiger partial charge on any atom is -0.480 e. The Kier molecular flexibility index (Phi) is 5.09. The molecule has 4 rings (SSSR count). The van der Waals surface area contributed by atoms with Crippen LogP contribution in [0.4, 0.5) is 9.18 Å². The molecule has 1 aromatic heterocycles. The van der Waals surface area contributed by atoms with Gasteiger partial charge in [-0.1, -0.05) is 0 Å². The molecule has 0 radical (unpaired) electrons. The van der Waals surface area contributed by atoms with Gasteiger partial charge in [0.1, 0.15) is 6.04 Å². The van der Waals surface area contributed by atoms with Crippen LogP contribution in [0.1, 0.15) is 12.8 Å². The summed E-state index contributed by atoms with van der Waals surface area (Å²) in [7, 11) is -2.77. The highest BCUT2D eigenvalue weighted by atomic mass is 32.2. The first-order valence-corrected chi connectivity index (χ1v) is 10.8. The lowest BCUT2D eigenvalue weighted by Gasteiger charge is -2.42. The maximum absolute atomic E-state index is 14.6. The Morgan fingerprint density at radius 2 is 2.00 bits per heavy atom. The van der Waals surface area contributed by atoms with E-state index in [1.807, 2.05) is 0 Å². The van der Waals surface area contributed by atoms with Gasteiger partial charge in [0, 0.05) is 19.6 Å². The fraction of sp³-hybridized carbons (Fsp3) is 0.389. The van der Waals surface area contributed by atoms with Gasteiger partial charge in [-0.2, -0.15) is 9.40 Å². The predicted molar refractivity (Wildman–Crippen MR) is 102 cm³/mol. The summed E-state index contributed by atoms with van der Waals surface area (Å²) in [6.45, 7) is -0.322. The molecule has 11 nitrogen and oxygen atoms in total. The number of aliphatic carboxylic acids is 1. The smallest absolute Gasteiger partial charge is 0.407 e. The average molecular weight is 454 g/mol. The van der Waals surface area contributed by atoms with Crippen LogP contribution in [0.2, 0.25) is 0 Å². The van der Waals surface area contributed by atoms with Gasteiger partial charge in [0.25, 0.3) is 0 Å². The summed E-state index contributed by atoms with van der Waals surface area (Å²) < 4.78 is 48.5. The fourth-order valence-corrected chi connectivity index (χ4v) is 5.85. The lowest BCUT2D eigenvalue weighted by molar-refractivity contribution is -0.144. The van der Waals surface area contributed by atoms with Crippen molar-refractivity contribution in [1.82, 2.24) is 19.0 Å². The largest absolute Gasteiger partial charge is 0.480 e. The number of rotatable bonds is 5. The van der Waals surface area contributed by atoms with Crippen LogP contribution in [0.25, 0.3) is 0 Å². The lowest BCUT2D eigenvalue weighted by Crippen LogP contribution is -2.64. The number of hydrogen-bond acceptors (Lipinski definition) is 6. The van der Waals surface area contributed by atoms with E-state index >= 15 is 0 Å². The number of sulfonamides is 1. The molecule has 1 amide bonds. The summed E-state index contributed by atoms with van der Waals surface area (Å²) in [5.74, 6) is -2.39. The van der Waals surface area contributed by atoms with Gasteiger partial charge in [0.15, 0.2) is 17.3 Å². The minimum absolute atomic E-state index is 0.225. The molecule has 2 aromatic rings. The number of aryl methyl sites for hydroxylation is 1. The summed E-state index contributed by atoms with van der Waals surface area (Å²) in [6.07, 6.45) is 2.14. The van der Waals surface area contributed by atoms with Gasteiger partial charge in [-0.05, 0) is 31.0 Å². The van der Waals surface area contributed by atoms with Crippen molar-refractivity contribution in [2.75, 3.05) is 6.54 Å². The summed E-state index contributed by atoms with van der Waals surface area (Å²) in [4.78, 5) is 24.0. The summed E-state index contributed by atoms with van der Waals surface area (Å²) in [6, 6.07) is -0.269. The number of carbonyl (C=O) groups is 2. The fourth-order valence-electron chi connectivity index (χ4n) is 4.19. The summed E-state index contributed by atoms with van der Waals surface area (Å²) in [5, 5.41) is 23.0. The highest BCUT2D eigenvalue weighted by Crippen LogP contribution is 2.38. The van der Waals surface area contributed by atoms with Crippen molar-refractivity contribution in [3.05, 3.63) is 36.4 Å². The molecule has 13 heteroatoms. The number of benzene rings is 1. The third-order valence-corrected chi connectivity index (χ3v) is 7.35. The maximum atomic E-state index is 14.6. The highest BCUT2D eigenvalue weighted by Gasteiger charge is 2.55. The van der Waals surface area contributed by atoms with Crippen molar-refractivity contribution in [1.29, 1.82) is 0 Å². The molecule has 2 aliphatic rings. The van der Waals surface area contributed by atoms with Crippen molar-refractivity contribution >= 4 is 22.1 Å². The molecule has 3 heterocycles. The zero-order valence-electron chi connectivity index (χ0n) is 16.3. The van der Waals surface area contributed by atoms with E-state index in [9.17, 15) is 32.6 Å². The minimum atomic E-state index is -4.42. The van der Waals surface area contributed by atoms with Gasteiger partial charge in [0.2, 0.25) is 10.0 Å². The summed E-state index contributed by atoms with van der Waals surface area (Å²) in [5.41, 5.74) is 0. The first kappa shape index (κ1) is 21.1. The molecule has 2 aliphatic heterocycles. The molecular formula is C18H19FN4O7S. The van der Waals surface area contributed by atoms with Crippen LogP contribution in [0.15, 0.2) is 35.5 Å². The SMILES string of the molecule is Cn1cc(Oc2ccc(S(=O)(=O)N3C[C@H]4CCC(C3C(=O)O)N4C(=O)O)cc2F)cn1. The number of amides is 1. The van der Waals surface area contributed by atoms with Gasteiger partial charge in [-0.15, -0.1) is 0 Å².